The average molecular weight is 286 g/mol. The number of anilines is 2. The first kappa shape index (κ1) is 14.0. The molecule has 0 radical (unpaired) electrons. The zero-order chi connectivity index (χ0) is 15.5. The lowest BCUT2D eigenvalue weighted by Crippen LogP contribution is -2.11. The van der Waals surface area contributed by atoms with E-state index < -0.39 is 0 Å². The van der Waals surface area contributed by atoms with Crippen molar-refractivity contribution in [1.82, 2.24) is 0 Å². The largest absolute Gasteiger partial charge is 0.399 e. The van der Waals surface area contributed by atoms with Crippen LogP contribution in [-0.2, 0) is 0 Å². The maximum atomic E-state index is 5.81. The summed E-state index contributed by atoms with van der Waals surface area (Å²) in [6.07, 6.45) is 0. The fourth-order valence-corrected chi connectivity index (χ4v) is 2.47. The van der Waals surface area contributed by atoms with Crippen LogP contribution in [0.3, 0.4) is 0 Å². The Balaban J connectivity index is 2.29. The zero-order valence-corrected chi connectivity index (χ0v) is 12.3. The van der Waals surface area contributed by atoms with Crippen LogP contribution in [0, 0.1) is 0 Å². The SMILES string of the molecule is C=c1ccc(=C(c2ccc(N)cc2)c2ccc(N)cc2)cc1. The van der Waals surface area contributed by atoms with Crippen LogP contribution in [-0.4, -0.2) is 0 Å². The molecular formula is C20H18N2. The molecule has 0 aliphatic heterocycles. The third kappa shape index (κ3) is 2.86. The monoisotopic (exact) mass is 286 g/mol. The third-order valence-corrected chi connectivity index (χ3v) is 3.64. The van der Waals surface area contributed by atoms with Gasteiger partial charge in [-0.25, -0.2) is 0 Å². The number of hydrogen-bond acceptors (Lipinski definition) is 2. The summed E-state index contributed by atoms with van der Waals surface area (Å²) in [6, 6.07) is 24.1. The highest BCUT2D eigenvalue weighted by molar-refractivity contribution is 5.80. The molecular weight excluding hydrogens is 268 g/mol. The van der Waals surface area contributed by atoms with E-state index in [4.69, 9.17) is 11.5 Å². The third-order valence-electron chi connectivity index (χ3n) is 3.64. The van der Waals surface area contributed by atoms with Crippen molar-refractivity contribution < 1.29 is 0 Å². The molecule has 22 heavy (non-hydrogen) atoms. The van der Waals surface area contributed by atoms with Gasteiger partial charge >= 0.3 is 0 Å². The quantitative estimate of drug-likeness (QED) is 0.711. The van der Waals surface area contributed by atoms with E-state index >= 15 is 0 Å². The molecule has 0 aliphatic carbocycles. The van der Waals surface area contributed by atoms with Crippen molar-refractivity contribution in [3.05, 3.63) is 94.4 Å². The van der Waals surface area contributed by atoms with Crippen LogP contribution in [0.15, 0.2) is 72.8 Å². The lowest BCUT2D eigenvalue weighted by atomic mass is 9.95. The van der Waals surface area contributed by atoms with Gasteiger partial charge < -0.3 is 11.5 Å². The normalized spacial score (nSPS) is 10.4. The van der Waals surface area contributed by atoms with E-state index in [0.717, 1.165) is 38.5 Å². The minimum absolute atomic E-state index is 0.758. The molecule has 0 spiro atoms. The summed E-state index contributed by atoms with van der Waals surface area (Å²) in [5.74, 6) is 0. The van der Waals surface area contributed by atoms with Crippen LogP contribution in [0.4, 0.5) is 11.4 Å². The molecule has 0 heterocycles. The second-order valence-electron chi connectivity index (χ2n) is 5.32. The van der Waals surface area contributed by atoms with Gasteiger partial charge in [0.05, 0.1) is 0 Å². The van der Waals surface area contributed by atoms with Crippen LogP contribution < -0.4 is 21.9 Å². The van der Waals surface area contributed by atoms with Crippen molar-refractivity contribution in [2.45, 2.75) is 0 Å². The Morgan fingerprint density at radius 1 is 0.591 bits per heavy atom. The lowest BCUT2D eigenvalue weighted by molar-refractivity contribution is 1.47. The predicted molar refractivity (Wildman–Crippen MR) is 94.5 cm³/mol. The molecule has 108 valence electrons. The van der Waals surface area contributed by atoms with Crippen LogP contribution in [0.5, 0.6) is 0 Å². The zero-order valence-electron chi connectivity index (χ0n) is 12.3. The van der Waals surface area contributed by atoms with E-state index in [-0.39, 0.29) is 0 Å². The van der Waals surface area contributed by atoms with Crippen LogP contribution in [0.25, 0.3) is 12.2 Å². The molecule has 3 aromatic rings. The summed E-state index contributed by atoms with van der Waals surface area (Å²) >= 11 is 0. The van der Waals surface area contributed by atoms with Crippen molar-refractivity contribution in [1.29, 1.82) is 0 Å². The van der Waals surface area contributed by atoms with Gasteiger partial charge in [0.15, 0.2) is 0 Å². The van der Waals surface area contributed by atoms with Crippen LogP contribution in [0.2, 0.25) is 0 Å². The Hall–Kier alpha value is -3.00. The number of nitrogen functional groups attached to an aromatic ring is 2. The molecule has 0 saturated heterocycles. The van der Waals surface area contributed by atoms with Crippen molar-refractivity contribution in [3.8, 4) is 0 Å². The van der Waals surface area contributed by atoms with Gasteiger partial charge in [-0.05, 0) is 51.4 Å². The van der Waals surface area contributed by atoms with Crippen molar-refractivity contribution in [2.75, 3.05) is 11.5 Å². The van der Waals surface area contributed by atoms with E-state index in [1.54, 1.807) is 0 Å². The first-order chi connectivity index (χ1) is 10.6. The summed E-state index contributed by atoms with van der Waals surface area (Å²) in [5, 5.41) is 2.14. The van der Waals surface area contributed by atoms with Gasteiger partial charge in [0.25, 0.3) is 0 Å². The van der Waals surface area contributed by atoms with Gasteiger partial charge in [-0.1, -0.05) is 55.1 Å². The Morgan fingerprint density at radius 2 is 1.00 bits per heavy atom. The molecule has 0 aliphatic rings. The molecule has 4 N–H and O–H groups in total. The Kier molecular flexibility index (Phi) is 3.67. The topological polar surface area (TPSA) is 52.0 Å². The van der Waals surface area contributed by atoms with Crippen LogP contribution in [0.1, 0.15) is 11.1 Å². The standard InChI is InChI=1S/C20H18N2/c1-14-2-4-15(5-3-14)20(16-6-10-18(21)11-7-16)17-8-12-19(22)13-9-17/h2-13H,1,21-22H2. The molecule has 0 amide bonds. The molecule has 0 atom stereocenters. The highest BCUT2D eigenvalue weighted by Crippen LogP contribution is 2.22. The van der Waals surface area contributed by atoms with E-state index in [0.29, 0.717) is 0 Å². The Labute approximate surface area is 130 Å². The summed E-state index contributed by atoms with van der Waals surface area (Å²) < 4.78 is 0. The molecule has 3 aromatic carbocycles. The molecule has 0 aromatic heterocycles. The second-order valence-corrected chi connectivity index (χ2v) is 5.32. The van der Waals surface area contributed by atoms with Gasteiger partial charge in [0.1, 0.15) is 0 Å². The van der Waals surface area contributed by atoms with Gasteiger partial charge in [-0.15, -0.1) is 0 Å². The average Bonchev–Trinajstić information content (AvgIpc) is 2.53. The maximum absolute atomic E-state index is 5.81. The van der Waals surface area contributed by atoms with Gasteiger partial charge in [-0.2, -0.15) is 0 Å². The number of rotatable bonds is 2. The number of benzene rings is 3. The van der Waals surface area contributed by atoms with Gasteiger partial charge in [0, 0.05) is 11.4 Å². The Bertz CT molecular complexity index is 821. The van der Waals surface area contributed by atoms with E-state index in [1.165, 1.54) is 0 Å². The number of hydrogen-bond donors (Lipinski definition) is 2. The molecule has 3 rings (SSSR count). The summed E-state index contributed by atoms with van der Waals surface area (Å²) in [6.45, 7) is 3.95. The predicted octanol–water partition coefficient (Wildman–Crippen LogP) is 2.51. The maximum Gasteiger partial charge on any atom is 0.0314 e. The van der Waals surface area contributed by atoms with Crippen molar-refractivity contribution in [3.63, 3.8) is 0 Å². The summed E-state index contributed by atoms with van der Waals surface area (Å²) in [4.78, 5) is 0. The Morgan fingerprint density at radius 3 is 1.41 bits per heavy atom. The minimum Gasteiger partial charge on any atom is -0.399 e. The van der Waals surface area contributed by atoms with Crippen molar-refractivity contribution in [2.24, 2.45) is 0 Å². The van der Waals surface area contributed by atoms with Gasteiger partial charge in [0.2, 0.25) is 0 Å². The number of nitrogens with two attached hydrogens (primary N) is 2. The summed E-state index contributed by atoms with van der Waals surface area (Å²) in [7, 11) is 0. The molecule has 0 saturated carbocycles. The molecule has 2 heteroatoms. The van der Waals surface area contributed by atoms with Gasteiger partial charge in [-0.3, -0.25) is 0 Å². The summed E-state index contributed by atoms with van der Waals surface area (Å²) in [5.41, 5.74) is 16.5. The van der Waals surface area contributed by atoms with E-state index in [9.17, 15) is 0 Å². The lowest BCUT2D eigenvalue weighted by Gasteiger charge is -2.10. The van der Waals surface area contributed by atoms with Crippen LogP contribution >= 0.6 is 0 Å². The van der Waals surface area contributed by atoms with Crippen molar-refractivity contribution >= 4 is 23.5 Å². The molecule has 0 unspecified atom stereocenters. The van der Waals surface area contributed by atoms with E-state index in [1.807, 2.05) is 60.7 Å². The fourth-order valence-electron chi connectivity index (χ4n) is 2.47. The molecule has 0 fully saturated rings. The highest BCUT2D eigenvalue weighted by Gasteiger charge is 2.06. The highest BCUT2D eigenvalue weighted by atomic mass is 14.5. The minimum atomic E-state index is 0.758. The smallest absolute Gasteiger partial charge is 0.0314 e. The van der Waals surface area contributed by atoms with E-state index in [2.05, 4.69) is 18.7 Å². The fraction of sp³-hybridized carbons (Fsp3) is 0. The second kappa shape index (κ2) is 5.78. The first-order valence-corrected chi connectivity index (χ1v) is 7.15. The molecule has 2 nitrogen and oxygen atoms in total. The molecule has 0 bridgehead atoms. The first-order valence-electron chi connectivity index (χ1n) is 7.15.